The molecule has 2 heterocycles. The van der Waals surface area contributed by atoms with Crippen LogP contribution in [0.1, 0.15) is 35.3 Å². The number of fused-ring (bicyclic) bond motifs is 1. The number of H-pyrrole nitrogens is 1. The highest BCUT2D eigenvalue weighted by atomic mass is 35.5. The number of rotatable bonds is 8. The molecule has 3 aromatic carbocycles. The minimum absolute atomic E-state index is 0.141. The Hall–Kier alpha value is -4.03. The number of aryl methyl sites for hydroxylation is 1. The number of hydrogen-bond acceptors (Lipinski definition) is 2. The summed E-state index contributed by atoms with van der Waals surface area (Å²) < 4.78 is 28.0. The maximum Gasteiger partial charge on any atom is 0.225 e. The van der Waals surface area contributed by atoms with E-state index in [1.165, 1.54) is 17.7 Å². The molecule has 0 unspecified atom stereocenters. The van der Waals surface area contributed by atoms with Crippen LogP contribution in [0.4, 0.5) is 8.78 Å². The van der Waals surface area contributed by atoms with Crippen LogP contribution in [0, 0.1) is 11.6 Å². The van der Waals surface area contributed by atoms with E-state index in [9.17, 15) is 13.6 Å². The van der Waals surface area contributed by atoms with Gasteiger partial charge in [0.25, 0.3) is 0 Å². The fraction of sp³-hybridized carbons (Fsp3) is 0.161. The normalized spacial score (nSPS) is 12.0. The summed E-state index contributed by atoms with van der Waals surface area (Å²) in [6, 6.07) is 20.0. The maximum absolute atomic E-state index is 14.0. The first-order valence-electron chi connectivity index (χ1n) is 12.4. The van der Waals surface area contributed by atoms with Crippen LogP contribution >= 0.6 is 11.6 Å². The number of aromatic nitrogens is 2. The zero-order chi connectivity index (χ0) is 26.6. The molecule has 7 heteroatoms. The topological polar surface area (TPSA) is 57.8 Å². The number of carbonyl (C=O) groups excluding carboxylic acids is 1. The third-order valence-corrected chi connectivity index (χ3v) is 6.86. The van der Waals surface area contributed by atoms with Crippen molar-refractivity contribution in [3.05, 3.63) is 124 Å². The van der Waals surface area contributed by atoms with Crippen molar-refractivity contribution in [3.63, 3.8) is 0 Å². The molecule has 2 N–H and O–H groups in total. The Morgan fingerprint density at radius 2 is 1.76 bits per heavy atom. The largest absolute Gasteiger partial charge is 0.361 e. The van der Waals surface area contributed by atoms with Crippen LogP contribution in [-0.2, 0) is 24.1 Å². The molecule has 0 bridgehead atoms. The zero-order valence-electron chi connectivity index (χ0n) is 20.8. The van der Waals surface area contributed by atoms with Crippen LogP contribution < -0.4 is 5.32 Å². The smallest absolute Gasteiger partial charge is 0.225 e. The number of pyridine rings is 1. The van der Waals surface area contributed by atoms with E-state index in [0.29, 0.717) is 16.3 Å². The number of nitrogens with zero attached hydrogens (tertiary/aromatic N) is 1. The van der Waals surface area contributed by atoms with Gasteiger partial charge in [-0.25, -0.2) is 8.78 Å². The molecule has 38 heavy (non-hydrogen) atoms. The van der Waals surface area contributed by atoms with E-state index >= 15 is 0 Å². The molecule has 192 valence electrons. The molecular formula is C31H26ClF2N3O. The van der Waals surface area contributed by atoms with Gasteiger partial charge in [0.15, 0.2) is 0 Å². The summed E-state index contributed by atoms with van der Waals surface area (Å²) in [5.41, 5.74) is 5.74. The van der Waals surface area contributed by atoms with Gasteiger partial charge in [0.2, 0.25) is 5.91 Å². The molecule has 0 aliphatic carbocycles. The first-order valence-corrected chi connectivity index (χ1v) is 12.8. The molecule has 1 atom stereocenters. The highest BCUT2D eigenvalue weighted by molar-refractivity contribution is 6.30. The Morgan fingerprint density at radius 3 is 2.50 bits per heavy atom. The summed E-state index contributed by atoms with van der Waals surface area (Å²) in [6.07, 6.45) is 4.72. The number of amides is 1. The van der Waals surface area contributed by atoms with Gasteiger partial charge in [0.1, 0.15) is 11.6 Å². The molecule has 2 aromatic heterocycles. The van der Waals surface area contributed by atoms with Crippen LogP contribution in [0.2, 0.25) is 5.02 Å². The number of nitrogens with one attached hydrogen (secondary N) is 2. The molecule has 0 saturated heterocycles. The molecule has 0 saturated carbocycles. The summed E-state index contributed by atoms with van der Waals surface area (Å²) in [6.45, 7) is 2.10. The minimum atomic E-state index is -0.672. The fourth-order valence-electron chi connectivity index (χ4n) is 4.77. The maximum atomic E-state index is 14.0. The first kappa shape index (κ1) is 25.6. The second-order valence-corrected chi connectivity index (χ2v) is 9.71. The monoisotopic (exact) mass is 529 g/mol. The Bertz CT molecular complexity index is 1580. The molecule has 5 rings (SSSR count). The summed E-state index contributed by atoms with van der Waals surface area (Å²) in [4.78, 5) is 21.2. The Labute approximate surface area is 224 Å². The standard InChI is InChI=1S/C31H26ClF2N3O/c1-2-19-5-10-26-22(18-36-28(26)14-19)16-30(38)37-29(15-20-12-24(33)17-25(34)13-20)31-27(4-3-11-35-31)21-6-8-23(32)9-7-21/h3-14,17-18,29,36H,2,15-16H2,1H3,(H,37,38)/t29-/m0/s1. The Morgan fingerprint density at radius 1 is 1.00 bits per heavy atom. The van der Waals surface area contributed by atoms with Crippen molar-refractivity contribution in [1.29, 1.82) is 0 Å². The van der Waals surface area contributed by atoms with E-state index in [-0.39, 0.29) is 18.7 Å². The van der Waals surface area contributed by atoms with E-state index in [1.54, 1.807) is 18.3 Å². The van der Waals surface area contributed by atoms with Gasteiger partial charge in [-0.15, -0.1) is 0 Å². The summed E-state index contributed by atoms with van der Waals surface area (Å²) in [5.74, 6) is -1.57. The molecule has 0 spiro atoms. The zero-order valence-corrected chi connectivity index (χ0v) is 21.5. The average molecular weight is 530 g/mol. The highest BCUT2D eigenvalue weighted by Crippen LogP contribution is 2.30. The Kier molecular flexibility index (Phi) is 7.52. The quantitative estimate of drug-likeness (QED) is 0.220. The summed E-state index contributed by atoms with van der Waals surface area (Å²) >= 11 is 6.09. The second-order valence-electron chi connectivity index (χ2n) is 9.27. The van der Waals surface area contributed by atoms with Crippen LogP contribution in [0.3, 0.4) is 0 Å². The number of aromatic amines is 1. The van der Waals surface area contributed by atoms with Gasteiger partial charge in [-0.2, -0.15) is 0 Å². The Balaban J connectivity index is 1.48. The third kappa shape index (κ3) is 5.76. The minimum Gasteiger partial charge on any atom is -0.361 e. The molecule has 4 nitrogen and oxygen atoms in total. The molecule has 0 aliphatic rings. The van der Waals surface area contributed by atoms with Crippen molar-refractivity contribution < 1.29 is 13.6 Å². The van der Waals surface area contributed by atoms with Gasteiger partial charge in [-0.3, -0.25) is 9.78 Å². The molecule has 0 aliphatic heterocycles. The lowest BCUT2D eigenvalue weighted by molar-refractivity contribution is -0.121. The number of halogens is 3. The van der Waals surface area contributed by atoms with Crippen molar-refractivity contribution in [2.75, 3.05) is 0 Å². The van der Waals surface area contributed by atoms with E-state index in [0.717, 1.165) is 40.1 Å². The molecular weight excluding hydrogens is 504 g/mol. The van der Waals surface area contributed by atoms with Crippen molar-refractivity contribution in [1.82, 2.24) is 15.3 Å². The lowest BCUT2D eigenvalue weighted by atomic mass is 9.95. The van der Waals surface area contributed by atoms with Crippen molar-refractivity contribution in [3.8, 4) is 11.1 Å². The predicted molar refractivity (Wildman–Crippen MR) is 147 cm³/mol. The molecule has 1 amide bonds. The lowest BCUT2D eigenvalue weighted by Crippen LogP contribution is -2.32. The van der Waals surface area contributed by atoms with Gasteiger partial charge in [0.05, 0.1) is 18.2 Å². The van der Waals surface area contributed by atoms with Crippen LogP contribution in [-0.4, -0.2) is 15.9 Å². The SMILES string of the molecule is CCc1ccc2c(CC(=O)N[C@@H](Cc3cc(F)cc(F)c3)c3ncccc3-c3ccc(Cl)cc3)c[nH]c2c1. The number of carbonyl (C=O) groups is 1. The van der Waals surface area contributed by atoms with Gasteiger partial charge < -0.3 is 10.3 Å². The van der Waals surface area contributed by atoms with Gasteiger partial charge in [-0.1, -0.05) is 48.9 Å². The van der Waals surface area contributed by atoms with Gasteiger partial charge in [-0.05, 0) is 71.5 Å². The van der Waals surface area contributed by atoms with E-state index < -0.39 is 17.7 Å². The molecule has 0 radical (unpaired) electrons. The highest BCUT2D eigenvalue weighted by Gasteiger charge is 2.22. The summed E-state index contributed by atoms with van der Waals surface area (Å²) in [7, 11) is 0. The van der Waals surface area contributed by atoms with Gasteiger partial charge in [0, 0.05) is 39.9 Å². The predicted octanol–water partition coefficient (Wildman–Crippen LogP) is 7.37. The van der Waals surface area contributed by atoms with E-state index in [1.807, 2.05) is 36.5 Å². The average Bonchev–Trinajstić information content (AvgIpc) is 3.29. The first-order chi connectivity index (χ1) is 18.4. The number of hydrogen-bond donors (Lipinski definition) is 2. The lowest BCUT2D eigenvalue weighted by Gasteiger charge is -2.22. The van der Waals surface area contributed by atoms with Crippen molar-refractivity contribution in [2.24, 2.45) is 0 Å². The fourth-order valence-corrected chi connectivity index (χ4v) is 4.89. The van der Waals surface area contributed by atoms with Crippen LogP contribution in [0.25, 0.3) is 22.0 Å². The van der Waals surface area contributed by atoms with E-state index in [2.05, 4.69) is 34.3 Å². The molecule has 0 fully saturated rings. The van der Waals surface area contributed by atoms with Crippen molar-refractivity contribution >= 4 is 28.4 Å². The molecule has 5 aromatic rings. The number of benzene rings is 3. The van der Waals surface area contributed by atoms with Crippen LogP contribution in [0.15, 0.2) is 85.2 Å². The second kappa shape index (κ2) is 11.2. The third-order valence-electron chi connectivity index (χ3n) is 6.61. The summed E-state index contributed by atoms with van der Waals surface area (Å²) in [5, 5.41) is 4.67. The van der Waals surface area contributed by atoms with Gasteiger partial charge >= 0.3 is 0 Å². The van der Waals surface area contributed by atoms with E-state index in [4.69, 9.17) is 11.6 Å². The van der Waals surface area contributed by atoms with Crippen molar-refractivity contribution in [2.45, 2.75) is 32.2 Å². The van der Waals surface area contributed by atoms with Crippen LogP contribution in [0.5, 0.6) is 0 Å².